The zero-order chi connectivity index (χ0) is 15.0. The third-order valence-electron chi connectivity index (χ3n) is 4.24. The van der Waals surface area contributed by atoms with Crippen molar-refractivity contribution in [1.82, 2.24) is 14.6 Å². The van der Waals surface area contributed by atoms with E-state index in [9.17, 15) is 8.42 Å². The van der Waals surface area contributed by atoms with Crippen molar-refractivity contribution in [1.29, 1.82) is 0 Å². The van der Waals surface area contributed by atoms with Crippen molar-refractivity contribution in [3.63, 3.8) is 0 Å². The molecule has 0 unspecified atom stereocenters. The molecule has 1 N–H and O–H groups in total. The number of halogens is 1. The summed E-state index contributed by atoms with van der Waals surface area (Å²) in [5.41, 5.74) is 0.667. The van der Waals surface area contributed by atoms with Crippen molar-refractivity contribution in [2.75, 3.05) is 19.6 Å². The van der Waals surface area contributed by atoms with Crippen molar-refractivity contribution < 1.29 is 8.42 Å². The monoisotopic (exact) mass is 329 g/mol. The minimum atomic E-state index is -3.50. The summed E-state index contributed by atoms with van der Waals surface area (Å²) in [4.78, 5) is 6.57. The maximum absolute atomic E-state index is 12.3. The number of rotatable bonds is 5. The molecule has 2 fully saturated rings. The molecule has 0 bridgehead atoms. The molecule has 1 aliphatic carbocycles. The predicted molar refractivity (Wildman–Crippen MR) is 81.9 cm³/mol. The summed E-state index contributed by atoms with van der Waals surface area (Å²) in [6.45, 7) is 4.34. The van der Waals surface area contributed by atoms with Crippen LogP contribution in [-0.4, -0.2) is 44.0 Å². The summed E-state index contributed by atoms with van der Waals surface area (Å²) in [5.74, 6) is 0.404. The fourth-order valence-electron chi connectivity index (χ4n) is 2.79. The lowest BCUT2D eigenvalue weighted by atomic mass is 10.1. The summed E-state index contributed by atoms with van der Waals surface area (Å²) in [7, 11) is -3.50. The lowest BCUT2D eigenvalue weighted by Crippen LogP contribution is -2.31. The van der Waals surface area contributed by atoms with Crippen molar-refractivity contribution in [3.8, 4) is 0 Å². The van der Waals surface area contributed by atoms with Crippen molar-refractivity contribution in [2.45, 2.75) is 37.1 Å². The van der Waals surface area contributed by atoms with Gasteiger partial charge in [-0.3, -0.25) is 0 Å². The summed E-state index contributed by atoms with van der Waals surface area (Å²) >= 11 is 5.83. The molecule has 1 saturated heterocycles. The van der Waals surface area contributed by atoms with Crippen LogP contribution < -0.4 is 4.72 Å². The van der Waals surface area contributed by atoms with Crippen LogP contribution in [0.2, 0.25) is 5.15 Å². The van der Waals surface area contributed by atoms with E-state index in [2.05, 4.69) is 14.6 Å². The van der Waals surface area contributed by atoms with Gasteiger partial charge in [0, 0.05) is 25.3 Å². The highest BCUT2D eigenvalue weighted by Crippen LogP contribution is 2.31. The van der Waals surface area contributed by atoms with Crippen molar-refractivity contribution in [3.05, 3.63) is 23.0 Å². The Balaban J connectivity index is 1.59. The minimum Gasteiger partial charge on any atom is -0.300 e. The van der Waals surface area contributed by atoms with Gasteiger partial charge in [0.05, 0.1) is 0 Å². The molecule has 0 aromatic carbocycles. The summed E-state index contributed by atoms with van der Waals surface area (Å²) < 4.78 is 27.3. The SMILES string of the molecule is Cc1cc(S(=O)(=O)NC[C@H]2CCN(C3CC3)C2)cnc1Cl. The Morgan fingerprint density at radius 2 is 2.19 bits per heavy atom. The smallest absolute Gasteiger partial charge is 0.242 e. The van der Waals surface area contributed by atoms with Gasteiger partial charge in [-0.25, -0.2) is 18.1 Å². The van der Waals surface area contributed by atoms with Crippen LogP contribution in [0.3, 0.4) is 0 Å². The molecule has 5 nitrogen and oxygen atoms in total. The summed E-state index contributed by atoms with van der Waals surface area (Å²) in [5, 5.41) is 0.338. The first kappa shape index (κ1) is 15.2. The van der Waals surface area contributed by atoms with E-state index < -0.39 is 10.0 Å². The van der Waals surface area contributed by atoms with E-state index >= 15 is 0 Å². The maximum Gasteiger partial charge on any atom is 0.242 e. The molecule has 1 atom stereocenters. The summed E-state index contributed by atoms with van der Waals surface area (Å²) in [6, 6.07) is 2.32. The number of nitrogens with zero attached hydrogens (tertiary/aromatic N) is 2. The highest BCUT2D eigenvalue weighted by Gasteiger charge is 2.34. The Labute approximate surface area is 130 Å². The van der Waals surface area contributed by atoms with Gasteiger partial charge in [0.15, 0.2) is 0 Å². The largest absolute Gasteiger partial charge is 0.300 e. The Morgan fingerprint density at radius 1 is 1.43 bits per heavy atom. The molecule has 1 aromatic heterocycles. The Kier molecular flexibility index (Phi) is 4.23. The average molecular weight is 330 g/mol. The van der Waals surface area contributed by atoms with Crippen LogP contribution >= 0.6 is 11.6 Å². The number of hydrogen-bond donors (Lipinski definition) is 1. The van der Waals surface area contributed by atoms with Crippen LogP contribution in [0.25, 0.3) is 0 Å². The fraction of sp³-hybridized carbons (Fsp3) is 0.643. The van der Waals surface area contributed by atoms with E-state index in [1.807, 2.05) is 0 Å². The highest BCUT2D eigenvalue weighted by atomic mass is 35.5. The van der Waals surface area contributed by atoms with E-state index in [1.54, 1.807) is 13.0 Å². The molecular formula is C14H20ClN3O2S. The van der Waals surface area contributed by atoms with Gasteiger partial charge in [-0.05, 0) is 50.3 Å². The molecule has 0 spiro atoms. The van der Waals surface area contributed by atoms with E-state index in [4.69, 9.17) is 11.6 Å². The van der Waals surface area contributed by atoms with Gasteiger partial charge in [0.2, 0.25) is 10.0 Å². The first-order chi connectivity index (χ1) is 9.95. The van der Waals surface area contributed by atoms with Crippen LogP contribution in [0.1, 0.15) is 24.8 Å². The molecule has 2 heterocycles. The summed E-state index contributed by atoms with van der Waals surface area (Å²) in [6.07, 6.45) is 4.97. The van der Waals surface area contributed by atoms with E-state index in [0.717, 1.165) is 25.6 Å². The second-order valence-electron chi connectivity index (χ2n) is 6.01. The van der Waals surface area contributed by atoms with E-state index in [1.165, 1.54) is 19.0 Å². The van der Waals surface area contributed by atoms with Gasteiger partial charge in [0.25, 0.3) is 0 Å². The molecule has 1 aliphatic heterocycles. The number of likely N-dealkylation sites (tertiary alicyclic amines) is 1. The van der Waals surface area contributed by atoms with Crippen molar-refractivity contribution in [2.24, 2.45) is 5.92 Å². The molecule has 7 heteroatoms. The zero-order valence-electron chi connectivity index (χ0n) is 12.0. The number of sulfonamides is 1. The van der Waals surface area contributed by atoms with Gasteiger partial charge >= 0.3 is 0 Å². The van der Waals surface area contributed by atoms with Crippen LogP contribution in [-0.2, 0) is 10.0 Å². The molecule has 0 radical (unpaired) electrons. The van der Waals surface area contributed by atoms with Crippen LogP contribution in [0.4, 0.5) is 0 Å². The molecule has 3 rings (SSSR count). The Bertz CT molecular complexity index is 631. The molecular weight excluding hydrogens is 310 g/mol. The van der Waals surface area contributed by atoms with Gasteiger partial charge in [-0.1, -0.05) is 11.6 Å². The van der Waals surface area contributed by atoms with Gasteiger partial charge in [0.1, 0.15) is 10.0 Å². The maximum atomic E-state index is 12.3. The second kappa shape index (κ2) is 5.83. The zero-order valence-corrected chi connectivity index (χ0v) is 13.6. The molecule has 21 heavy (non-hydrogen) atoms. The normalized spacial score (nSPS) is 23.6. The first-order valence-electron chi connectivity index (χ1n) is 7.31. The van der Waals surface area contributed by atoms with Crippen LogP contribution in [0.5, 0.6) is 0 Å². The second-order valence-corrected chi connectivity index (χ2v) is 8.14. The van der Waals surface area contributed by atoms with E-state index in [0.29, 0.717) is 23.2 Å². The number of pyridine rings is 1. The molecule has 0 amide bonds. The van der Waals surface area contributed by atoms with Crippen LogP contribution in [0, 0.1) is 12.8 Å². The third kappa shape index (κ3) is 3.56. The lowest BCUT2D eigenvalue weighted by molar-refractivity contribution is 0.314. The number of aromatic nitrogens is 1. The number of aryl methyl sites for hydroxylation is 1. The topological polar surface area (TPSA) is 62.3 Å². The van der Waals surface area contributed by atoms with Crippen molar-refractivity contribution >= 4 is 21.6 Å². The molecule has 116 valence electrons. The lowest BCUT2D eigenvalue weighted by Gasteiger charge is -2.15. The number of nitrogens with one attached hydrogen (secondary N) is 1. The molecule has 2 aliphatic rings. The van der Waals surface area contributed by atoms with E-state index in [-0.39, 0.29) is 4.90 Å². The Morgan fingerprint density at radius 3 is 2.86 bits per heavy atom. The van der Waals surface area contributed by atoms with Crippen LogP contribution in [0.15, 0.2) is 17.2 Å². The molecule has 1 aromatic rings. The van der Waals surface area contributed by atoms with Gasteiger partial charge in [-0.15, -0.1) is 0 Å². The predicted octanol–water partition coefficient (Wildman–Crippen LogP) is 1.81. The number of hydrogen-bond acceptors (Lipinski definition) is 4. The fourth-order valence-corrected chi connectivity index (χ4v) is 4.04. The van der Waals surface area contributed by atoms with Gasteiger partial charge < -0.3 is 4.90 Å². The Hall–Kier alpha value is -0.690. The minimum absolute atomic E-state index is 0.182. The molecule has 1 saturated carbocycles. The standard InChI is InChI=1S/C14H20ClN3O2S/c1-10-6-13(8-16-14(10)15)21(19,20)17-7-11-4-5-18(9-11)12-2-3-12/h6,8,11-12,17H,2-5,7,9H2,1H3/t11-/m1/s1. The third-order valence-corrected chi connectivity index (χ3v) is 6.03. The highest BCUT2D eigenvalue weighted by molar-refractivity contribution is 7.89. The quantitative estimate of drug-likeness (QED) is 0.837. The average Bonchev–Trinajstić information content (AvgIpc) is 3.19. The first-order valence-corrected chi connectivity index (χ1v) is 9.17. The van der Waals surface area contributed by atoms with Gasteiger partial charge in [-0.2, -0.15) is 0 Å².